The Balaban J connectivity index is 1.71. The van der Waals surface area contributed by atoms with Gasteiger partial charge in [0.15, 0.2) is 11.5 Å². The number of hydrogen-bond acceptors (Lipinski definition) is 6. The lowest BCUT2D eigenvalue weighted by Crippen LogP contribution is -2.52. The first-order chi connectivity index (χ1) is 15.1. The largest absolute Gasteiger partial charge is 0.493 e. The van der Waals surface area contributed by atoms with Crippen molar-refractivity contribution in [2.45, 2.75) is 0 Å². The third-order valence-corrected chi connectivity index (χ3v) is 5.40. The molecule has 0 atom stereocenters. The van der Waals surface area contributed by atoms with E-state index in [1.54, 1.807) is 25.1 Å². The summed E-state index contributed by atoms with van der Waals surface area (Å²) in [6.45, 7) is 3.37. The van der Waals surface area contributed by atoms with Crippen LogP contribution in [0.1, 0.15) is 10.4 Å². The Kier molecular flexibility index (Phi) is 6.20. The first kappa shape index (κ1) is 20.9. The van der Waals surface area contributed by atoms with Crippen molar-refractivity contribution in [3.05, 3.63) is 60.3 Å². The minimum absolute atomic E-state index is 0.184. The summed E-state index contributed by atoms with van der Waals surface area (Å²) in [6, 6.07) is 15.3. The van der Waals surface area contributed by atoms with Gasteiger partial charge in [0.2, 0.25) is 0 Å². The van der Waals surface area contributed by atoms with Gasteiger partial charge in [-0.05, 0) is 37.4 Å². The number of methoxy groups -OCH3 is 2. The minimum Gasteiger partial charge on any atom is -0.493 e. The van der Waals surface area contributed by atoms with Crippen LogP contribution in [-0.2, 0) is 0 Å². The lowest BCUT2D eigenvalue weighted by atomic mass is 10.1. The van der Waals surface area contributed by atoms with Crippen molar-refractivity contribution in [1.82, 2.24) is 25.1 Å². The van der Waals surface area contributed by atoms with E-state index in [2.05, 4.69) is 17.4 Å². The number of hydrogen-bond donors (Lipinski definition) is 1. The summed E-state index contributed by atoms with van der Waals surface area (Å²) in [5.41, 5.74) is 5.77. The molecule has 0 spiro atoms. The predicted molar refractivity (Wildman–Crippen MR) is 119 cm³/mol. The maximum absolute atomic E-state index is 13.2. The van der Waals surface area contributed by atoms with E-state index in [9.17, 15) is 4.79 Å². The van der Waals surface area contributed by atoms with Gasteiger partial charge in [-0.2, -0.15) is 5.10 Å². The van der Waals surface area contributed by atoms with Gasteiger partial charge in [0, 0.05) is 37.9 Å². The van der Waals surface area contributed by atoms with Crippen molar-refractivity contribution in [1.29, 1.82) is 0 Å². The van der Waals surface area contributed by atoms with Gasteiger partial charge >= 0.3 is 0 Å². The van der Waals surface area contributed by atoms with Gasteiger partial charge in [0.1, 0.15) is 5.69 Å². The molecule has 0 saturated carbocycles. The van der Waals surface area contributed by atoms with Crippen LogP contribution in [0.15, 0.2) is 54.7 Å². The predicted octanol–water partition coefficient (Wildman–Crippen LogP) is 2.45. The summed E-state index contributed by atoms with van der Waals surface area (Å²) in [4.78, 5) is 15.5. The maximum atomic E-state index is 13.2. The fourth-order valence-electron chi connectivity index (χ4n) is 3.57. The fourth-order valence-corrected chi connectivity index (χ4v) is 3.57. The van der Waals surface area contributed by atoms with Gasteiger partial charge in [-0.15, -0.1) is 0 Å². The van der Waals surface area contributed by atoms with Crippen LogP contribution in [0.5, 0.6) is 11.5 Å². The van der Waals surface area contributed by atoms with Crippen molar-refractivity contribution in [3.63, 3.8) is 0 Å². The molecule has 1 aromatic heterocycles. The summed E-state index contributed by atoms with van der Waals surface area (Å²) < 4.78 is 12.5. The number of para-hydroxylation sites is 1. The van der Waals surface area contributed by atoms with E-state index in [1.807, 2.05) is 53.5 Å². The SMILES string of the molecule is COc1ccc(-c2nn(-c3ccccc3)cc2C(=O)NN2CCN(C)CC2)cc1OC. The Morgan fingerprint density at radius 1 is 0.968 bits per heavy atom. The van der Waals surface area contributed by atoms with Crippen LogP contribution >= 0.6 is 0 Å². The number of benzene rings is 2. The number of amides is 1. The maximum Gasteiger partial charge on any atom is 0.269 e. The second kappa shape index (κ2) is 9.20. The third-order valence-electron chi connectivity index (χ3n) is 5.40. The number of ether oxygens (including phenoxy) is 2. The summed E-state index contributed by atoms with van der Waals surface area (Å²) in [7, 11) is 5.26. The van der Waals surface area contributed by atoms with Crippen molar-refractivity contribution in [2.24, 2.45) is 0 Å². The summed E-state index contributed by atoms with van der Waals surface area (Å²) in [6.07, 6.45) is 1.77. The fraction of sp³-hybridized carbons (Fsp3) is 0.304. The van der Waals surface area contributed by atoms with Gasteiger partial charge in [-0.3, -0.25) is 10.2 Å². The standard InChI is InChI=1S/C23H27N5O3/c1-26-11-13-27(14-12-26)25-23(29)19-16-28(18-7-5-4-6-8-18)24-22(19)17-9-10-20(30-2)21(15-17)31-3/h4-10,15-16H,11-14H2,1-3H3,(H,25,29). The molecule has 1 fully saturated rings. The van der Waals surface area contributed by atoms with E-state index >= 15 is 0 Å². The smallest absolute Gasteiger partial charge is 0.269 e. The minimum atomic E-state index is -0.184. The highest BCUT2D eigenvalue weighted by Crippen LogP contribution is 2.33. The number of likely N-dealkylation sites (N-methyl/N-ethyl adjacent to an activating group) is 1. The van der Waals surface area contributed by atoms with E-state index in [-0.39, 0.29) is 5.91 Å². The lowest BCUT2D eigenvalue weighted by molar-refractivity contribution is 0.0663. The number of carbonyl (C=O) groups is 1. The number of aromatic nitrogens is 2. The molecule has 1 aliphatic heterocycles. The Morgan fingerprint density at radius 2 is 1.68 bits per heavy atom. The summed E-state index contributed by atoms with van der Waals surface area (Å²) in [5, 5.41) is 6.70. The van der Waals surface area contributed by atoms with Crippen LogP contribution in [0.4, 0.5) is 0 Å². The Labute approximate surface area is 181 Å². The first-order valence-corrected chi connectivity index (χ1v) is 10.2. The molecule has 3 aromatic rings. The third kappa shape index (κ3) is 4.55. The molecule has 1 aliphatic rings. The van der Waals surface area contributed by atoms with Crippen molar-refractivity contribution < 1.29 is 14.3 Å². The number of carbonyl (C=O) groups excluding carboxylic acids is 1. The van der Waals surface area contributed by atoms with E-state index in [0.29, 0.717) is 22.8 Å². The number of nitrogens with one attached hydrogen (secondary N) is 1. The summed E-state index contributed by atoms with van der Waals surface area (Å²) >= 11 is 0. The second-order valence-electron chi connectivity index (χ2n) is 7.47. The van der Waals surface area contributed by atoms with Crippen molar-refractivity contribution in [2.75, 3.05) is 47.4 Å². The van der Waals surface area contributed by atoms with Gasteiger partial charge in [0.05, 0.1) is 25.5 Å². The van der Waals surface area contributed by atoms with Crippen LogP contribution in [0.25, 0.3) is 16.9 Å². The molecule has 2 heterocycles. The van der Waals surface area contributed by atoms with Crippen molar-refractivity contribution >= 4 is 5.91 Å². The number of rotatable bonds is 6. The summed E-state index contributed by atoms with van der Waals surface area (Å²) in [5.74, 6) is 1.02. The molecule has 31 heavy (non-hydrogen) atoms. The highest BCUT2D eigenvalue weighted by molar-refractivity contribution is 5.99. The Morgan fingerprint density at radius 3 is 2.35 bits per heavy atom. The zero-order chi connectivity index (χ0) is 21.8. The van der Waals surface area contributed by atoms with Crippen LogP contribution in [0, 0.1) is 0 Å². The zero-order valence-electron chi connectivity index (χ0n) is 18.0. The van der Waals surface area contributed by atoms with Gasteiger partial charge in [-0.25, -0.2) is 9.69 Å². The molecular weight excluding hydrogens is 394 g/mol. The highest BCUT2D eigenvalue weighted by Gasteiger charge is 2.23. The lowest BCUT2D eigenvalue weighted by Gasteiger charge is -2.32. The average molecular weight is 422 g/mol. The van der Waals surface area contributed by atoms with Gasteiger partial charge in [0.25, 0.3) is 5.91 Å². The molecule has 1 N–H and O–H groups in total. The number of nitrogens with zero attached hydrogens (tertiary/aromatic N) is 4. The van der Waals surface area contributed by atoms with E-state index in [0.717, 1.165) is 37.4 Å². The normalized spacial score (nSPS) is 14.9. The number of hydrazine groups is 1. The molecule has 162 valence electrons. The molecule has 0 radical (unpaired) electrons. The molecule has 4 rings (SSSR count). The molecule has 0 unspecified atom stereocenters. The monoisotopic (exact) mass is 421 g/mol. The molecule has 8 heteroatoms. The molecule has 0 aliphatic carbocycles. The van der Waals surface area contributed by atoms with Gasteiger partial charge < -0.3 is 14.4 Å². The molecule has 1 amide bonds. The van der Waals surface area contributed by atoms with Crippen LogP contribution in [-0.4, -0.2) is 73.0 Å². The zero-order valence-corrected chi connectivity index (χ0v) is 18.0. The van der Waals surface area contributed by atoms with E-state index in [4.69, 9.17) is 14.6 Å². The second-order valence-corrected chi connectivity index (χ2v) is 7.47. The van der Waals surface area contributed by atoms with Crippen LogP contribution in [0.3, 0.4) is 0 Å². The van der Waals surface area contributed by atoms with E-state index < -0.39 is 0 Å². The van der Waals surface area contributed by atoms with Gasteiger partial charge in [-0.1, -0.05) is 18.2 Å². The molecule has 8 nitrogen and oxygen atoms in total. The Hall–Kier alpha value is -3.36. The van der Waals surface area contributed by atoms with Crippen molar-refractivity contribution in [3.8, 4) is 28.4 Å². The quantitative estimate of drug-likeness (QED) is 0.659. The highest BCUT2D eigenvalue weighted by atomic mass is 16.5. The molecule has 1 saturated heterocycles. The van der Waals surface area contributed by atoms with Crippen LogP contribution < -0.4 is 14.9 Å². The molecular formula is C23H27N5O3. The first-order valence-electron chi connectivity index (χ1n) is 10.2. The molecule has 0 bridgehead atoms. The Bertz CT molecular complexity index is 1040. The van der Waals surface area contributed by atoms with Crippen LogP contribution in [0.2, 0.25) is 0 Å². The average Bonchev–Trinajstić information content (AvgIpc) is 3.26. The van der Waals surface area contributed by atoms with E-state index in [1.165, 1.54) is 0 Å². The topological polar surface area (TPSA) is 71.9 Å². The number of piperazine rings is 1. The molecule has 2 aromatic carbocycles.